The number of benzene rings is 1. The van der Waals surface area contributed by atoms with Crippen molar-refractivity contribution in [3.8, 4) is 0 Å². The summed E-state index contributed by atoms with van der Waals surface area (Å²) < 4.78 is 0. The van der Waals surface area contributed by atoms with Gasteiger partial charge in [0.05, 0.1) is 17.4 Å². The van der Waals surface area contributed by atoms with Crippen molar-refractivity contribution in [3.63, 3.8) is 0 Å². The number of aliphatic carboxylic acids is 1. The van der Waals surface area contributed by atoms with Crippen LogP contribution < -0.4 is 0 Å². The van der Waals surface area contributed by atoms with Gasteiger partial charge in [-0.05, 0) is 24.2 Å². The number of carbonyl (C=O) groups is 2. The number of allylic oxidation sites excluding steroid dienone is 1. The molecule has 4 rings (SSSR count). The molecule has 0 spiro atoms. The number of likely N-dealkylation sites (tertiary alicyclic amines) is 1. The molecule has 0 saturated carbocycles. The summed E-state index contributed by atoms with van der Waals surface area (Å²) in [4.78, 5) is 33.6. The number of carboxylic acid groups (broad SMARTS) is 1. The number of aliphatic imine (C=N–C) groups is 1. The molecular weight excluding hydrogens is 338 g/mol. The highest BCUT2D eigenvalue weighted by Crippen LogP contribution is 2.40. The second kappa shape index (κ2) is 6.22. The van der Waals surface area contributed by atoms with Crippen molar-refractivity contribution < 1.29 is 14.7 Å². The van der Waals surface area contributed by atoms with E-state index in [0.29, 0.717) is 11.4 Å². The molecule has 1 aromatic rings. The van der Waals surface area contributed by atoms with Crippen LogP contribution in [0.25, 0.3) is 0 Å². The van der Waals surface area contributed by atoms with Gasteiger partial charge in [0.2, 0.25) is 0 Å². The van der Waals surface area contributed by atoms with Gasteiger partial charge in [-0.25, -0.2) is 0 Å². The lowest BCUT2D eigenvalue weighted by Crippen LogP contribution is -2.30. The number of carboxylic acids is 1. The Morgan fingerprint density at radius 3 is 2.68 bits per heavy atom. The second-order valence-electron chi connectivity index (χ2n) is 6.50. The molecule has 0 bridgehead atoms. The Kier molecular flexibility index (Phi) is 4.03. The van der Waals surface area contributed by atoms with Crippen LogP contribution in [0.4, 0.5) is 0 Å². The van der Waals surface area contributed by atoms with Crippen LogP contribution in [0.2, 0.25) is 0 Å². The largest absolute Gasteiger partial charge is 0.481 e. The summed E-state index contributed by atoms with van der Waals surface area (Å²) in [5, 5.41) is 10.5. The van der Waals surface area contributed by atoms with Gasteiger partial charge >= 0.3 is 5.97 Å². The van der Waals surface area contributed by atoms with Crippen LogP contribution in [0, 0.1) is 5.92 Å². The number of thioether (sulfide) groups is 1. The predicted molar refractivity (Wildman–Crippen MR) is 96.2 cm³/mol. The van der Waals surface area contributed by atoms with E-state index in [1.54, 1.807) is 4.90 Å². The molecule has 6 nitrogen and oxygen atoms in total. The van der Waals surface area contributed by atoms with Crippen LogP contribution in [-0.4, -0.2) is 58.1 Å². The summed E-state index contributed by atoms with van der Waals surface area (Å²) in [6, 6.07) is 9.60. The van der Waals surface area contributed by atoms with E-state index in [-0.39, 0.29) is 18.4 Å². The minimum atomic E-state index is -0.848. The Balaban J connectivity index is 1.58. The summed E-state index contributed by atoms with van der Waals surface area (Å²) in [7, 11) is 0. The molecule has 7 heteroatoms. The third-order valence-electron chi connectivity index (χ3n) is 5.07. The molecule has 0 radical (unpaired) electrons. The van der Waals surface area contributed by atoms with Crippen molar-refractivity contribution >= 4 is 28.8 Å². The first-order valence-electron chi connectivity index (χ1n) is 8.34. The normalized spacial score (nSPS) is 25.4. The Labute approximate surface area is 150 Å². The van der Waals surface area contributed by atoms with Gasteiger partial charge in [0.15, 0.2) is 5.17 Å². The highest BCUT2D eigenvalue weighted by Gasteiger charge is 2.43. The van der Waals surface area contributed by atoms with Gasteiger partial charge < -0.3 is 14.9 Å². The molecule has 3 aliphatic rings. The number of amidine groups is 1. The molecule has 130 valence electrons. The number of amides is 1. The van der Waals surface area contributed by atoms with Gasteiger partial charge in [0, 0.05) is 31.2 Å². The molecule has 3 aliphatic heterocycles. The Hall–Kier alpha value is -2.28. The first kappa shape index (κ1) is 16.2. The highest BCUT2D eigenvalue weighted by molar-refractivity contribution is 8.18. The monoisotopic (exact) mass is 357 g/mol. The minimum Gasteiger partial charge on any atom is -0.481 e. The Bertz CT molecular complexity index is 790. The number of rotatable bonds is 3. The van der Waals surface area contributed by atoms with Crippen molar-refractivity contribution in [2.75, 3.05) is 26.2 Å². The quantitative estimate of drug-likeness (QED) is 0.895. The van der Waals surface area contributed by atoms with E-state index in [1.165, 1.54) is 11.8 Å². The number of hydrogen-bond donors (Lipinski definition) is 1. The van der Waals surface area contributed by atoms with Crippen molar-refractivity contribution in [2.45, 2.75) is 12.8 Å². The maximum absolute atomic E-state index is 13.0. The van der Waals surface area contributed by atoms with E-state index >= 15 is 0 Å². The molecule has 25 heavy (non-hydrogen) atoms. The van der Waals surface area contributed by atoms with Crippen LogP contribution in [0.3, 0.4) is 0 Å². The molecule has 0 aliphatic carbocycles. The lowest BCUT2D eigenvalue weighted by molar-refractivity contribution is -0.141. The zero-order chi connectivity index (χ0) is 17.6. The zero-order valence-corrected chi connectivity index (χ0v) is 14.7. The van der Waals surface area contributed by atoms with Gasteiger partial charge in [-0.2, -0.15) is 0 Å². The fraction of sp³-hybridized carbons (Fsp3) is 0.389. The SMILES string of the molecule is CC1=C(C(=O)N2C[C@@H](C(=O)O)[C@H](c3ccccc3)C2)SC2=NCCN21. The molecule has 1 aromatic carbocycles. The van der Waals surface area contributed by atoms with Crippen molar-refractivity contribution in [2.24, 2.45) is 10.9 Å². The minimum absolute atomic E-state index is 0.0794. The standard InChI is InChI=1S/C18H19N3O3S/c1-11-15(25-18-19-7-8-21(11)18)16(22)20-9-13(14(10-20)17(23)24)12-5-3-2-4-6-12/h2-6,13-14H,7-10H2,1H3,(H,23,24)/t13-,14+/m0/s1. The van der Waals surface area contributed by atoms with Crippen molar-refractivity contribution in [1.82, 2.24) is 9.80 Å². The summed E-state index contributed by atoms with van der Waals surface area (Å²) in [6.45, 7) is 4.20. The van der Waals surface area contributed by atoms with Crippen LogP contribution >= 0.6 is 11.8 Å². The molecule has 0 unspecified atom stereocenters. The molecule has 3 heterocycles. The number of nitrogens with zero attached hydrogens (tertiary/aromatic N) is 3. The number of fused-ring (bicyclic) bond motifs is 1. The lowest BCUT2D eigenvalue weighted by Gasteiger charge is -2.17. The summed E-state index contributed by atoms with van der Waals surface area (Å²) in [5.41, 5.74) is 1.90. The molecule has 2 atom stereocenters. The molecule has 0 aromatic heterocycles. The second-order valence-corrected chi connectivity index (χ2v) is 7.48. The van der Waals surface area contributed by atoms with Crippen LogP contribution in [0.15, 0.2) is 45.9 Å². The van der Waals surface area contributed by atoms with Gasteiger partial charge in [0.25, 0.3) is 5.91 Å². The van der Waals surface area contributed by atoms with Crippen LogP contribution in [-0.2, 0) is 9.59 Å². The molecular formula is C18H19N3O3S. The summed E-state index contributed by atoms with van der Waals surface area (Å²) in [5.74, 6) is -1.67. The summed E-state index contributed by atoms with van der Waals surface area (Å²) >= 11 is 1.41. The smallest absolute Gasteiger partial charge is 0.308 e. The first-order chi connectivity index (χ1) is 12.1. The fourth-order valence-electron chi connectivity index (χ4n) is 3.71. The summed E-state index contributed by atoms with van der Waals surface area (Å²) in [6.07, 6.45) is 0. The molecule has 1 fully saturated rings. The average molecular weight is 357 g/mol. The van der Waals surface area contributed by atoms with Crippen LogP contribution in [0.1, 0.15) is 18.4 Å². The lowest BCUT2D eigenvalue weighted by atomic mass is 9.89. The van der Waals surface area contributed by atoms with E-state index in [9.17, 15) is 14.7 Å². The number of carbonyl (C=O) groups excluding carboxylic acids is 1. The third-order valence-corrected chi connectivity index (χ3v) is 6.28. The van der Waals surface area contributed by atoms with Gasteiger partial charge in [-0.1, -0.05) is 30.3 Å². The van der Waals surface area contributed by atoms with E-state index in [1.807, 2.05) is 37.3 Å². The van der Waals surface area contributed by atoms with E-state index in [4.69, 9.17) is 0 Å². The zero-order valence-electron chi connectivity index (χ0n) is 13.9. The molecule has 1 amide bonds. The van der Waals surface area contributed by atoms with Crippen molar-refractivity contribution in [1.29, 1.82) is 0 Å². The van der Waals surface area contributed by atoms with Gasteiger partial charge in [-0.15, -0.1) is 0 Å². The van der Waals surface area contributed by atoms with Crippen molar-refractivity contribution in [3.05, 3.63) is 46.5 Å². The third kappa shape index (κ3) is 2.72. The molecule has 1 N–H and O–H groups in total. The number of hydrogen-bond acceptors (Lipinski definition) is 5. The van der Waals surface area contributed by atoms with E-state index in [0.717, 1.165) is 29.5 Å². The van der Waals surface area contributed by atoms with Gasteiger partial charge in [0.1, 0.15) is 0 Å². The Morgan fingerprint density at radius 2 is 2.00 bits per heavy atom. The average Bonchev–Trinajstić information content (AvgIpc) is 3.31. The molecule has 1 saturated heterocycles. The predicted octanol–water partition coefficient (Wildman–Crippen LogP) is 1.96. The highest BCUT2D eigenvalue weighted by atomic mass is 32.2. The van der Waals surface area contributed by atoms with E-state index < -0.39 is 11.9 Å². The maximum atomic E-state index is 13.0. The maximum Gasteiger partial charge on any atom is 0.308 e. The van der Waals surface area contributed by atoms with Gasteiger partial charge in [-0.3, -0.25) is 14.6 Å². The van der Waals surface area contributed by atoms with Crippen LogP contribution in [0.5, 0.6) is 0 Å². The Morgan fingerprint density at radius 1 is 1.24 bits per heavy atom. The first-order valence-corrected chi connectivity index (χ1v) is 9.15. The van der Waals surface area contributed by atoms with E-state index in [2.05, 4.69) is 9.89 Å². The topological polar surface area (TPSA) is 73.2 Å². The fourth-order valence-corrected chi connectivity index (χ4v) is 4.86.